The normalized spacial score (nSPS) is 17.6. The number of ether oxygens (including phenoxy) is 1. The number of piperazine rings is 1. The van der Waals surface area contributed by atoms with Gasteiger partial charge in [0.15, 0.2) is 0 Å². The van der Waals surface area contributed by atoms with Crippen LogP contribution in [0.3, 0.4) is 0 Å². The van der Waals surface area contributed by atoms with Crippen molar-refractivity contribution in [3.63, 3.8) is 0 Å². The lowest BCUT2D eigenvalue weighted by Crippen LogP contribution is -2.44. The van der Waals surface area contributed by atoms with Gasteiger partial charge in [-0.15, -0.1) is 12.4 Å². The van der Waals surface area contributed by atoms with Crippen LogP contribution in [0.1, 0.15) is 6.92 Å². The summed E-state index contributed by atoms with van der Waals surface area (Å²) in [6.07, 6.45) is 0. The van der Waals surface area contributed by atoms with E-state index in [0.29, 0.717) is 6.61 Å². The monoisotopic (exact) mass is 208 g/mol. The van der Waals surface area contributed by atoms with Crippen LogP contribution in [-0.4, -0.2) is 50.2 Å². The van der Waals surface area contributed by atoms with Gasteiger partial charge < -0.3 is 10.1 Å². The quantitative estimate of drug-likeness (QED) is 0.657. The van der Waals surface area contributed by atoms with E-state index in [1.54, 1.807) is 0 Å². The van der Waals surface area contributed by atoms with Gasteiger partial charge in [-0.1, -0.05) is 0 Å². The van der Waals surface area contributed by atoms with Crippen molar-refractivity contribution in [3.05, 3.63) is 0 Å². The summed E-state index contributed by atoms with van der Waals surface area (Å²) in [6, 6.07) is 0. The third-order valence-corrected chi connectivity index (χ3v) is 1.92. The first-order chi connectivity index (χ1) is 5.79. The zero-order valence-electron chi connectivity index (χ0n) is 7.91. The Labute approximate surface area is 85.0 Å². The molecule has 0 saturated carbocycles. The molecule has 1 aliphatic rings. The first-order valence-corrected chi connectivity index (χ1v) is 4.35. The van der Waals surface area contributed by atoms with E-state index < -0.39 is 0 Å². The summed E-state index contributed by atoms with van der Waals surface area (Å²) in [6.45, 7) is 7.02. The van der Waals surface area contributed by atoms with Crippen molar-refractivity contribution in [2.45, 2.75) is 6.92 Å². The average Bonchev–Trinajstić information content (AvgIpc) is 2.05. The zero-order chi connectivity index (χ0) is 8.81. The number of carbonyl (C=O) groups is 1. The van der Waals surface area contributed by atoms with Crippen molar-refractivity contribution >= 4 is 18.4 Å². The van der Waals surface area contributed by atoms with Gasteiger partial charge in [0, 0.05) is 39.6 Å². The van der Waals surface area contributed by atoms with Gasteiger partial charge in [-0.05, 0) is 0 Å². The largest absolute Gasteiger partial charge is 0.465 e. The van der Waals surface area contributed by atoms with Crippen molar-refractivity contribution in [1.82, 2.24) is 10.2 Å². The number of hydrogen-bond donors (Lipinski definition) is 1. The number of halogens is 1. The van der Waals surface area contributed by atoms with Gasteiger partial charge in [-0.2, -0.15) is 0 Å². The number of esters is 1. The molecule has 0 unspecified atom stereocenters. The topological polar surface area (TPSA) is 41.6 Å². The molecule has 0 radical (unpaired) electrons. The van der Waals surface area contributed by atoms with E-state index in [-0.39, 0.29) is 18.4 Å². The molecule has 0 bridgehead atoms. The Bertz CT molecular complexity index is 149. The molecule has 0 amide bonds. The summed E-state index contributed by atoms with van der Waals surface area (Å²) < 4.78 is 4.84. The van der Waals surface area contributed by atoms with E-state index in [4.69, 9.17) is 4.74 Å². The van der Waals surface area contributed by atoms with Crippen molar-refractivity contribution in [2.75, 3.05) is 39.3 Å². The number of carbonyl (C=O) groups excluding carboxylic acids is 1. The van der Waals surface area contributed by atoms with E-state index in [1.807, 2.05) is 0 Å². The minimum Gasteiger partial charge on any atom is -0.465 e. The lowest BCUT2D eigenvalue weighted by molar-refractivity contribution is -0.141. The van der Waals surface area contributed by atoms with E-state index in [2.05, 4.69) is 10.2 Å². The van der Waals surface area contributed by atoms with Gasteiger partial charge in [0.1, 0.15) is 6.61 Å². The Kier molecular flexibility index (Phi) is 6.94. The molecule has 1 fully saturated rings. The number of nitrogens with zero attached hydrogens (tertiary/aromatic N) is 1. The summed E-state index contributed by atoms with van der Waals surface area (Å²) in [5.41, 5.74) is 0. The fourth-order valence-corrected chi connectivity index (χ4v) is 1.25. The van der Waals surface area contributed by atoms with Gasteiger partial charge in [0.2, 0.25) is 0 Å². The van der Waals surface area contributed by atoms with E-state index in [0.717, 1.165) is 32.7 Å². The standard InChI is InChI=1S/C8H16N2O2.ClH/c1-8(11)12-7-6-10-4-2-9-3-5-10;/h9H,2-7H2,1H3;1H. The molecule has 1 saturated heterocycles. The Morgan fingerprint density at radius 3 is 2.62 bits per heavy atom. The maximum absolute atomic E-state index is 10.4. The Morgan fingerprint density at radius 2 is 2.08 bits per heavy atom. The van der Waals surface area contributed by atoms with Gasteiger partial charge >= 0.3 is 5.97 Å². The first kappa shape index (κ1) is 12.7. The highest BCUT2D eigenvalue weighted by molar-refractivity contribution is 5.85. The fourth-order valence-electron chi connectivity index (χ4n) is 1.25. The van der Waals surface area contributed by atoms with Gasteiger partial charge in [0.05, 0.1) is 0 Å². The minimum atomic E-state index is -0.190. The molecule has 0 spiro atoms. The molecule has 5 heteroatoms. The number of rotatable bonds is 3. The van der Waals surface area contributed by atoms with Gasteiger partial charge in [0.25, 0.3) is 0 Å². The van der Waals surface area contributed by atoms with E-state index in [9.17, 15) is 4.79 Å². The molecule has 78 valence electrons. The molecule has 1 rings (SSSR count). The second-order valence-electron chi connectivity index (χ2n) is 2.93. The minimum absolute atomic E-state index is 0. The van der Waals surface area contributed by atoms with Crippen LogP contribution in [0.5, 0.6) is 0 Å². The van der Waals surface area contributed by atoms with Crippen molar-refractivity contribution in [2.24, 2.45) is 0 Å². The number of nitrogens with one attached hydrogen (secondary N) is 1. The maximum Gasteiger partial charge on any atom is 0.302 e. The molecule has 0 aromatic carbocycles. The van der Waals surface area contributed by atoms with Crippen LogP contribution in [0.4, 0.5) is 0 Å². The van der Waals surface area contributed by atoms with Crippen molar-refractivity contribution in [1.29, 1.82) is 0 Å². The fraction of sp³-hybridized carbons (Fsp3) is 0.875. The summed E-state index contributed by atoms with van der Waals surface area (Å²) in [5, 5.41) is 3.26. The summed E-state index contributed by atoms with van der Waals surface area (Å²) in [7, 11) is 0. The van der Waals surface area contributed by atoms with Crippen LogP contribution in [0, 0.1) is 0 Å². The van der Waals surface area contributed by atoms with Crippen LogP contribution in [0.25, 0.3) is 0 Å². The molecule has 1 N–H and O–H groups in total. The van der Waals surface area contributed by atoms with Crippen LogP contribution < -0.4 is 5.32 Å². The van der Waals surface area contributed by atoms with Crippen molar-refractivity contribution < 1.29 is 9.53 Å². The third-order valence-electron chi connectivity index (χ3n) is 1.92. The van der Waals surface area contributed by atoms with Crippen LogP contribution in [0.15, 0.2) is 0 Å². The maximum atomic E-state index is 10.4. The number of hydrogen-bond acceptors (Lipinski definition) is 4. The predicted molar refractivity (Wildman–Crippen MR) is 53.2 cm³/mol. The van der Waals surface area contributed by atoms with Crippen molar-refractivity contribution in [3.8, 4) is 0 Å². The highest BCUT2D eigenvalue weighted by atomic mass is 35.5. The molecule has 4 nitrogen and oxygen atoms in total. The highest BCUT2D eigenvalue weighted by Gasteiger charge is 2.08. The lowest BCUT2D eigenvalue weighted by atomic mass is 10.4. The average molecular weight is 209 g/mol. The van der Waals surface area contributed by atoms with E-state index >= 15 is 0 Å². The predicted octanol–water partition coefficient (Wildman–Crippen LogP) is -0.123. The third kappa shape index (κ3) is 5.85. The van der Waals surface area contributed by atoms with Gasteiger partial charge in [-0.25, -0.2) is 0 Å². The summed E-state index contributed by atoms with van der Waals surface area (Å²) >= 11 is 0. The molecule has 13 heavy (non-hydrogen) atoms. The Balaban J connectivity index is 0.00000144. The molecule has 0 atom stereocenters. The molecular formula is C8H17ClN2O2. The molecule has 1 heterocycles. The SMILES string of the molecule is CC(=O)OCCN1CCNCC1.Cl. The second kappa shape index (κ2) is 7.12. The Morgan fingerprint density at radius 1 is 1.46 bits per heavy atom. The Hall–Kier alpha value is -0.320. The molecule has 0 aliphatic carbocycles. The molecule has 0 aromatic rings. The second-order valence-corrected chi connectivity index (χ2v) is 2.93. The summed E-state index contributed by atoms with van der Waals surface area (Å²) in [5.74, 6) is -0.190. The zero-order valence-corrected chi connectivity index (χ0v) is 8.73. The highest BCUT2D eigenvalue weighted by Crippen LogP contribution is 1.91. The summed E-state index contributed by atoms with van der Waals surface area (Å²) in [4.78, 5) is 12.7. The van der Waals surface area contributed by atoms with Crippen LogP contribution >= 0.6 is 12.4 Å². The van der Waals surface area contributed by atoms with Crippen LogP contribution in [-0.2, 0) is 9.53 Å². The lowest BCUT2D eigenvalue weighted by Gasteiger charge is -2.26. The van der Waals surface area contributed by atoms with E-state index in [1.165, 1.54) is 6.92 Å². The smallest absolute Gasteiger partial charge is 0.302 e. The molecular weight excluding hydrogens is 192 g/mol. The molecule has 0 aromatic heterocycles. The van der Waals surface area contributed by atoms with Gasteiger partial charge in [-0.3, -0.25) is 9.69 Å². The first-order valence-electron chi connectivity index (χ1n) is 4.35. The molecule has 1 aliphatic heterocycles. The van der Waals surface area contributed by atoms with Crippen LogP contribution in [0.2, 0.25) is 0 Å².